The first-order valence-electron chi connectivity index (χ1n) is 6.81. The van der Waals surface area contributed by atoms with Crippen LogP contribution in [0.4, 0.5) is 0 Å². The van der Waals surface area contributed by atoms with E-state index in [1.54, 1.807) is 6.33 Å². The summed E-state index contributed by atoms with van der Waals surface area (Å²) in [5.41, 5.74) is -0.854. The van der Waals surface area contributed by atoms with Gasteiger partial charge in [-0.15, -0.1) is 5.10 Å². The largest absolute Gasteiger partial charge is 0.550 e. The predicted molar refractivity (Wildman–Crippen MR) is 65.1 cm³/mol. The van der Waals surface area contributed by atoms with Crippen LogP contribution >= 0.6 is 11.6 Å². The molecule has 0 spiro atoms. The SMILES string of the molecule is O=C([O-])C12C[C@H]3C[C@@H](C1)CC(n1cnc(Cl)n1)(C3)C2. The standard InChI is InChI=1S/C13H16ClN3O2/c14-11-15-7-17(16-11)13-4-8-1-9(5-13)3-12(2-8,6-13)10(18)19/h7-9H,1-6H2,(H,18,19)/p-1/t8-,9+,12?,13?. The molecule has 0 aromatic carbocycles. The third kappa shape index (κ3) is 1.51. The Morgan fingerprint density at radius 2 is 2.05 bits per heavy atom. The first kappa shape index (κ1) is 11.7. The van der Waals surface area contributed by atoms with Crippen LogP contribution in [0.25, 0.3) is 0 Å². The first-order valence-corrected chi connectivity index (χ1v) is 7.18. The lowest BCUT2D eigenvalue weighted by molar-refractivity contribution is -0.329. The molecule has 6 heteroatoms. The lowest BCUT2D eigenvalue weighted by Gasteiger charge is -2.62. The molecule has 19 heavy (non-hydrogen) atoms. The molecule has 4 saturated carbocycles. The van der Waals surface area contributed by atoms with Gasteiger partial charge in [-0.2, -0.15) is 0 Å². The fourth-order valence-corrected chi connectivity index (χ4v) is 5.32. The second-order valence-electron chi connectivity index (χ2n) is 6.71. The minimum Gasteiger partial charge on any atom is -0.550 e. The zero-order chi connectivity index (χ0) is 13.3. The van der Waals surface area contributed by atoms with Crippen molar-refractivity contribution in [3.8, 4) is 0 Å². The maximum Gasteiger partial charge on any atom is 0.242 e. The Hall–Kier alpha value is -1.10. The molecule has 1 aromatic rings. The zero-order valence-corrected chi connectivity index (χ0v) is 11.3. The molecule has 4 aliphatic carbocycles. The van der Waals surface area contributed by atoms with Gasteiger partial charge in [0.1, 0.15) is 6.33 Å². The molecule has 0 aliphatic heterocycles. The number of nitrogens with zero attached hydrogens (tertiary/aromatic N) is 3. The number of hydrogen-bond acceptors (Lipinski definition) is 4. The molecule has 5 rings (SSSR count). The second-order valence-corrected chi connectivity index (χ2v) is 7.05. The quantitative estimate of drug-likeness (QED) is 0.809. The molecule has 102 valence electrons. The van der Waals surface area contributed by atoms with Gasteiger partial charge in [-0.25, -0.2) is 9.67 Å². The molecule has 2 unspecified atom stereocenters. The number of carboxylic acid groups (broad SMARTS) is 1. The Balaban J connectivity index is 1.80. The average Bonchev–Trinajstić information content (AvgIpc) is 2.74. The van der Waals surface area contributed by atoms with Gasteiger partial charge in [0.2, 0.25) is 5.28 Å². The molecule has 1 heterocycles. The van der Waals surface area contributed by atoms with E-state index in [9.17, 15) is 9.90 Å². The number of hydrogen-bond donors (Lipinski definition) is 0. The fourth-order valence-electron chi connectivity index (χ4n) is 5.19. The van der Waals surface area contributed by atoms with Gasteiger partial charge in [0, 0.05) is 11.4 Å². The monoisotopic (exact) mass is 280 g/mol. The Bertz CT molecular complexity index is 542. The van der Waals surface area contributed by atoms with E-state index >= 15 is 0 Å². The van der Waals surface area contributed by atoms with Crippen molar-refractivity contribution in [2.45, 2.75) is 44.1 Å². The van der Waals surface area contributed by atoms with Crippen molar-refractivity contribution in [3.05, 3.63) is 11.6 Å². The zero-order valence-electron chi connectivity index (χ0n) is 10.5. The normalized spacial score (nSPS) is 43.6. The molecule has 4 bridgehead atoms. The molecule has 0 amide bonds. The number of carbonyl (C=O) groups excluding carboxylic acids is 1. The molecule has 5 nitrogen and oxygen atoms in total. The molecule has 0 radical (unpaired) electrons. The lowest BCUT2D eigenvalue weighted by atomic mass is 9.47. The first-order chi connectivity index (χ1) is 9.01. The highest BCUT2D eigenvalue weighted by molar-refractivity contribution is 6.28. The van der Waals surface area contributed by atoms with Crippen molar-refractivity contribution >= 4 is 17.6 Å². The van der Waals surface area contributed by atoms with Crippen LogP contribution in [0.5, 0.6) is 0 Å². The van der Waals surface area contributed by atoms with Gasteiger partial charge < -0.3 is 9.90 Å². The maximum atomic E-state index is 11.6. The molecule has 0 N–H and O–H groups in total. The van der Waals surface area contributed by atoms with Gasteiger partial charge in [-0.3, -0.25) is 0 Å². The number of carbonyl (C=O) groups is 1. The summed E-state index contributed by atoms with van der Waals surface area (Å²) in [7, 11) is 0. The summed E-state index contributed by atoms with van der Waals surface area (Å²) in [4.78, 5) is 15.6. The Labute approximate surface area is 116 Å². The van der Waals surface area contributed by atoms with E-state index in [1.165, 1.54) is 0 Å². The van der Waals surface area contributed by atoms with E-state index in [0.29, 0.717) is 18.3 Å². The molecule has 1 aromatic heterocycles. The van der Waals surface area contributed by atoms with E-state index in [1.807, 2.05) is 4.68 Å². The number of carboxylic acids is 1. The summed E-state index contributed by atoms with van der Waals surface area (Å²) in [6.45, 7) is 0. The predicted octanol–water partition coefficient (Wildman–Crippen LogP) is 0.977. The summed E-state index contributed by atoms with van der Waals surface area (Å²) in [6, 6.07) is 0. The summed E-state index contributed by atoms with van der Waals surface area (Å²) in [5.74, 6) is 0.0708. The molecule has 4 aliphatic rings. The van der Waals surface area contributed by atoms with Crippen LogP contribution in [0.3, 0.4) is 0 Å². The van der Waals surface area contributed by atoms with Crippen molar-refractivity contribution in [3.63, 3.8) is 0 Å². The van der Waals surface area contributed by atoms with Gasteiger partial charge in [-0.05, 0) is 62.0 Å². The summed E-state index contributed by atoms with van der Waals surface area (Å²) in [5, 5.41) is 16.1. The molecular weight excluding hydrogens is 266 g/mol. The van der Waals surface area contributed by atoms with Crippen LogP contribution < -0.4 is 5.11 Å². The summed E-state index contributed by atoms with van der Waals surface area (Å²) in [6.07, 6.45) is 6.97. The van der Waals surface area contributed by atoms with E-state index in [0.717, 1.165) is 32.1 Å². The highest BCUT2D eigenvalue weighted by Crippen LogP contribution is 2.63. The highest BCUT2D eigenvalue weighted by atomic mass is 35.5. The van der Waals surface area contributed by atoms with E-state index < -0.39 is 11.4 Å². The van der Waals surface area contributed by atoms with Crippen LogP contribution in [-0.2, 0) is 10.3 Å². The molecule has 4 atom stereocenters. The molecule has 0 saturated heterocycles. The van der Waals surface area contributed by atoms with Crippen molar-refractivity contribution in [1.82, 2.24) is 14.8 Å². The third-order valence-electron chi connectivity index (χ3n) is 5.41. The Kier molecular flexibility index (Phi) is 2.16. The van der Waals surface area contributed by atoms with Gasteiger partial charge in [0.05, 0.1) is 5.54 Å². The number of aromatic nitrogens is 3. The Morgan fingerprint density at radius 1 is 1.37 bits per heavy atom. The van der Waals surface area contributed by atoms with Gasteiger partial charge in [-0.1, -0.05) is 0 Å². The van der Waals surface area contributed by atoms with Crippen LogP contribution in [0.2, 0.25) is 5.28 Å². The number of halogens is 1. The van der Waals surface area contributed by atoms with Gasteiger partial charge in [0.15, 0.2) is 0 Å². The Morgan fingerprint density at radius 3 is 2.58 bits per heavy atom. The fraction of sp³-hybridized carbons (Fsp3) is 0.769. The third-order valence-corrected chi connectivity index (χ3v) is 5.59. The van der Waals surface area contributed by atoms with Crippen molar-refractivity contribution in [2.75, 3.05) is 0 Å². The van der Waals surface area contributed by atoms with E-state index in [-0.39, 0.29) is 10.8 Å². The summed E-state index contributed by atoms with van der Waals surface area (Å²) >= 11 is 5.83. The average molecular weight is 281 g/mol. The number of aliphatic carboxylic acids is 1. The maximum absolute atomic E-state index is 11.6. The van der Waals surface area contributed by atoms with Crippen LogP contribution in [0.1, 0.15) is 38.5 Å². The number of rotatable bonds is 2. The smallest absolute Gasteiger partial charge is 0.242 e. The van der Waals surface area contributed by atoms with E-state index in [4.69, 9.17) is 11.6 Å². The second kappa shape index (κ2) is 3.51. The van der Waals surface area contributed by atoms with Crippen molar-refractivity contribution < 1.29 is 9.90 Å². The molecule has 4 fully saturated rings. The highest BCUT2D eigenvalue weighted by Gasteiger charge is 2.59. The van der Waals surface area contributed by atoms with Crippen LogP contribution in [0, 0.1) is 17.3 Å². The van der Waals surface area contributed by atoms with Crippen LogP contribution in [0.15, 0.2) is 6.33 Å². The van der Waals surface area contributed by atoms with Crippen molar-refractivity contribution in [1.29, 1.82) is 0 Å². The minimum atomic E-state index is -0.878. The minimum absolute atomic E-state index is 0.204. The van der Waals surface area contributed by atoms with E-state index in [2.05, 4.69) is 10.1 Å². The van der Waals surface area contributed by atoms with Gasteiger partial charge in [0.25, 0.3) is 0 Å². The summed E-state index contributed by atoms with van der Waals surface area (Å²) < 4.78 is 1.82. The molecular formula is C13H15ClN3O2-. The topological polar surface area (TPSA) is 70.8 Å². The lowest BCUT2D eigenvalue weighted by Crippen LogP contribution is -2.61. The van der Waals surface area contributed by atoms with Crippen LogP contribution in [-0.4, -0.2) is 20.7 Å². The van der Waals surface area contributed by atoms with Gasteiger partial charge >= 0.3 is 0 Å². The van der Waals surface area contributed by atoms with Crippen molar-refractivity contribution in [2.24, 2.45) is 17.3 Å².